The fourth-order valence-corrected chi connectivity index (χ4v) is 2.19. The summed E-state index contributed by atoms with van der Waals surface area (Å²) in [6, 6.07) is 3.99. The fraction of sp³-hybridized carbons (Fsp3) is 0.400. The van der Waals surface area contributed by atoms with Gasteiger partial charge in [0, 0.05) is 6.08 Å². The molecule has 1 aromatic carbocycles. The van der Waals surface area contributed by atoms with Crippen LogP contribution in [0.2, 0.25) is 0 Å². The minimum absolute atomic E-state index is 0.133. The summed E-state index contributed by atoms with van der Waals surface area (Å²) >= 11 is 0. The number of hydrogen-bond donors (Lipinski definition) is 6. The van der Waals surface area contributed by atoms with E-state index in [1.165, 1.54) is 24.3 Å². The number of aliphatic carboxylic acids is 1. The largest absolute Gasteiger partial charge is 0.504 e. The molecular formula is C15H18O9. The molecule has 6 N–H and O–H groups in total. The standard InChI is InChI=1S/C15H18O9/c16-6-10-12(20)13(21)14(22)15(24-10)23-9-5-7(1-3-8(9)17)2-4-11(18)19/h1-5,10,12-17,20-22H,6H2,(H,18,19)/b4-2+/t10-,12-,13+,14-,15?/m1/s1. The number of aliphatic hydroxyl groups excluding tert-OH is 4. The zero-order valence-corrected chi connectivity index (χ0v) is 12.4. The summed E-state index contributed by atoms with van der Waals surface area (Å²) in [7, 11) is 0. The maximum absolute atomic E-state index is 10.5. The van der Waals surface area contributed by atoms with Gasteiger partial charge >= 0.3 is 5.97 Å². The van der Waals surface area contributed by atoms with Crippen LogP contribution >= 0.6 is 0 Å². The van der Waals surface area contributed by atoms with Crippen molar-refractivity contribution in [3.05, 3.63) is 29.8 Å². The van der Waals surface area contributed by atoms with Crippen molar-refractivity contribution < 1.29 is 44.9 Å². The molecule has 1 aliphatic heterocycles. The van der Waals surface area contributed by atoms with Gasteiger partial charge in [-0.2, -0.15) is 0 Å². The van der Waals surface area contributed by atoms with E-state index in [0.29, 0.717) is 5.56 Å². The first kappa shape index (κ1) is 18.2. The van der Waals surface area contributed by atoms with E-state index in [0.717, 1.165) is 6.08 Å². The third-order valence-electron chi connectivity index (χ3n) is 3.49. The Bertz CT molecular complexity index is 613. The smallest absolute Gasteiger partial charge is 0.328 e. The van der Waals surface area contributed by atoms with Crippen LogP contribution in [0.4, 0.5) is 0 Å². The minimum Gasteiger partial charge on any atom is -0.504 e. The molecule has 0 spiro atoms. The summed E-state index contributed by atoms with van der Waals surface area (Å²) in [5, 5.41) is 56.8. The molecule has 0 radical (unpaired) electrons. The minimum atomic E-state index is -1.62. The van der Waals surface area contributed by atoms with Gasteiger partial charge in [0.1, 0.15) is 24.4 Å². The predicted molar refractivity (Wildman–Crippen MR) is 79.2 cm³/mol. The molecule has 9 nitrogen and oxygen atoms in total. The third-order valence-corrected chi connectivity index (χ3v) is 3.49. The highest BCUT2D eigenvalue weighted by Gasteiger charge is 2.44. The van der Waals surface area contributed by atoms with Gasteiger partial charge in [-0.1, -0.05) is 6.07 Å². The van der Waals surface area contributed by atoms with Gasteiger partial charge in [0.05, 0.1) is 6.61 Å². The first-order valence-electron chi connectivity index (χ1n) is 7.04. The molecule has 1 aromatic rings. The molecule has 0 amide bonds. The van der Waals surface area contributed by atoms with Gasteiger partial charge in [0.2, 0.25) is 6.29 Å². The summed E-state index contributed by atoms with van der Waals surface area (Å²) in [6.45, 7) is -0.613. The molecule has 1 saturated heterocycles. The second-order valence-corrected chi connectivity index (χ2v) is 5.21. The zero-order chi connectivity index (χ0) is 17.9. The van der Waals surface area contributed by atoms with Crippen molar-refractivity contribution in [3.8, 4) is 11.5 Å². The Hall–Kier alpha value is -2.17. The number of carboxylic acid groups (broad SMARTS) is 1. The van der Waals surface area contributed by atoms with Crippen LogP contribution in [0.15, 0.2) is 24.3 Å². The van der Waals surface area contributed by atoms with Crippen molar-refractivity contribution in [2.24, 2.45) is 0 Å². The quantitative estimate of drug-likeness (QED) is 0.357. The second-order valence-electron chi connectivity index (χ2n) is 5.21. The molecule has 0 saturated carbocycles. The monoisotopic (exact) mass is 342 g/mol. The molecule has 0 aliphatic carbocycles. The molecule has 1 fully saturated rings. The van der Waals surface area contributed by atoms with E-state index in [1.807, 2.05) is 0 Å². The maximum Gasteiger partial charge on any atom is 0.328 e. The normalized spacial score (nSPS) is 30.4. The summed E-state index contributed by atoms with van der Waals surface area (Å²) in [5.74, 6) is -1.59. The van der Waals surface area contributed by atoms with Crippen LogP contribution in [0.5, 0.6) is 11.5 Å². The van der Waals surface area contributed by atoms with E-state index in [-0.39, 0.29) is 11.5 Å². The van der Waals surface area contributed by atoms with Gasteiger partial charge in [-0.3, -0.25) is 0 Å². The second kappa shape index (κ2) is 7.60. The Morgan fingerprint density at radius 1 is 1.21 bits per heavy atom. The van der Waals surface area contributed by atoms with Crippen LogP contribution in [-0.4, -0.2) is 73.9 Å². The van der Waals surface area contributed by atoms with E-state index in [1.54, 1.807) is 0 Å². The van der Waals surface area contributed by atoms with Gasteiger partial charge in [0.25, 0.3) is 0 Å². The molecule has 1 aliphatic rings. The van der Waals surface area contributed by atoms with Gasteiger partial charge in [-0.15, -0.1) is 0 Å². The van der Waals surface area contributed by atoms with Crippen molar-refractivity contribution in [1.82, 2.24) is 0 Å². The van der Waals surface area contributed by atoms with Crippen molar-refractivity contribution >= 4 is 12.0 Å². The van der Waals surface area contributed by atoms with Crippen molar-refractivity contribution in [2.75, 3.05) is 6.61 Å². The van der Waals surface area contributed by atoms with Gasteiger partial charge in [-0.05, 0) is 23.8 Å². The molecule has 24 heavy (non-hydrogen) atoms. The predicted octanol–water partition coefficient (Wildman–Crippen LogP) is -1.33. The fourth-order valence-electron chi connectivity index (χ4n) is 2.19. The molecular weight excluding hydrogens is 324 g/mol. The van der Waals surface area contributed by atoms with Crippen LogP contribution in [0, 0.1) is 0 Å². The summed E-state index contributed by atoms with van der Waals surface area (Å²) in [4.78, 5) is 10.5. The number of hydrogen-bond acceptors (Lipinski definition) is 8. The summed E-state index contributed by atoms with van der Waals surface area (Å²) < 4.78 is 10.5. The SMILES string of the molecule is O=C(O)/C=C/c1ccc(O)c(OC2O[C@H](CO)[C@@H](O)[C@H](O)[C@H]2O)c1. The van der Waals surface area contributed by atoms with Crippen molar-refractivity contribution in [3.63, 3.8) is 0 Å². The first-order valence-corrected chi connectivity index (χ1v) is 7.04. The number of ether oxygens (including phenoxy) is 2. The Morgan fingerprint density at radius 3 is 2.54 bits per heavy atom. The lowest BCUT2D eigenvalue weighted by atomic mass is 9.99. The van der Waals surface area contributed by atoms with Gasteiger partial charge < -0.3 is 40.1 Å². The molecule has 5 atom stereocenters. The number of carbonyl (C=O) groups is 1. The summed E-state index contributed by atoms with van der Waals surface area (Å²) in [5.41, 5.74) is 0.398. The number of carboxylic acids is 1. The Balaban J connectivity index is 2.20. The van der Waals surface area contributed by atoms with Crippen LogP contribution in [-0.2, 0) is 9.53 Å². The van der Waals surface area contributed by atoms with Gasteiger partial charge in [0.15, 0.2) is 11.5 Å². The highest BCUT2D eigenvalue weighted by atomic mass is 16.7. The molecule has 132 valence electrons. The highest BCUT2D eigenvalue weighted by Crippen LogP contribution is 2.31. The number of benzene rings is 1. The lowest BCUT2D eigenvalue weighted by Crippen LogP contribution is -2.60. The maximum atomic E-state index is 10.5. The molecule has 1 unspecified atom stereocenters. The van der Waals surface area contributed by atoms with E-state index in [2.05, 4.69) is 0 Å². The number of rotatable bonds is 5. The Morgan fingerprint density at radius 2 is 1.92 bits per heavy atom. The molecule has 2 rings (SSSR count). The lowest BCUT2D eigenvalue weighted by molar-refractivity contribution is -0.277. The number of aromatic hydroxyl groups is 1. The number of phenols is 1. The molecule has 0 bridgehead atoms. The lowest BCUT2D eigenvalue weighted by Gasteiger charge is -2.39. The van der Waals surface area contributed by atoms with Crippen LogP contribution in [0.3, 0.4) is 0 Å². The van der Waals surface area contributed by atoms with E-state index in [9.17, 15) is 25.2 Å². The summed E-state index contributed by atoms with van der Waals surface area (Å²) in [6.07, 6.45) is -5.20. The van der Waals surface area contributed by atoms with Crippen LogP contribution in [0.1, 0.15) is 5.56 Å². The molecule has 1 heterocycles. The average molecular weight is 342 g/mol. The molecule has 0 aromatic heterocycles. The third kappa shape index (κ3) is 4.02. The van der Waals surface area contributed by atoms with Crippen molar-refractivity contribution in [1.29, 1.82) is 0 Å². The highest BCUT2D eigenvalue weighted by molar-refractivity contribution is 5.85. The zero-order valence-electron chi connectivity index (χ0n) is 12.4. The van der Waals surface area contributed by atoms with Crippen LogP contribution in [0.25, 0.3) is 6.08 Å². The Kier molecular flexibility index (Phi) is 5.75. The number of phenolic OH excluding ortho intramolecular Hbond substituents is 1. The first-order chi connectivity index (χ1) is 11.3. The van der Waals surface area contributed by atoms with Gasteiger partial charge in [-0.25, -0.2) is 4.79 Å². The average Bonchev–Trinajstić information content (AvgIpc) is 2.55. The van der Waals surface area contributed by atoms with Crippen LogP contribution < -0.4 is 4.74 Å². The molecule has 9 heteroatoms. The topological polar surface area (TPSA) is 157 Å². The van der Waals surface area contributed by atoms with E-state index in [4.69, 9.17) is 19.7 Å². The van der Waals surface area contributed by atoms with E-state index < -0.39 is 43.3 Å². The Labute approximate surface area is 136 Å². The number of aliphatic hydroxyl groups is 4. The van der Waals surface area contributed by atoms with E-state index >= 15 is 0 Å². The van der Waals surface area contributed by atoms with Crippen molar-refractivity contribution in [2.45, 2.75) is 30.7 Å².